The van der Waals surface area contributed by atoms with Crippen molar-refractivity contribution in [2.45, 2.75) is 39.0 Å². The molecule has 0 heterocycles. The number of hydrogen-bond donors (Lipinski definition) is 0. The van der Waals surface area contributed by atoms with Gasteiger partial charge in [0.15, 0.2) is 11.5 Å². The summed E-state index contributed by atoms with van der Waals surface area (Å²) in [5.41, 5.74) is 1.04. The van der Waals surface area contributed by atoms with E-state index in [2.05, 4.69) is 20.8 Å². The number of thioether (sulfide) groups is 1. The quantitative estimate of drug-likeness (QED) is 0.768. The van der Waals surface area contributed by atoms with E-state index >= 15 is 0 Å². The smallest absolute Gasteiger partial charge is 0.232 e. The SMILES string of the molecule is CCN(Cc1ccc(OC)c(OC)c1)C(=O)CSC(C)(C)C. The molecule has 0 atom stereocenters. The van der Waals surface area contributed by atoms with Gasteiger partial charge in [-0.05, 0) is 24.6 Å². The predicted octanol–water partition coefficient (Wildman–Crippen LogP) is 3.58. The summed E-state index contributed by atoms with van der Waals surface area (Å²) in [6.07, 6.45) is 0. The summed E-state index contributed by atoms with van der Waals surface area (Å²) in [7, 11) is 3.23. The summed E-state index contributed by atoms with van der Waals surface area (Å²) in [6.45, 7) is 9.64. The van der Waals surface area contributed by atoms with Gasteiger partial charge in [0, 0.05) is 17.8 Å². The van der Waals surface area contributed by atoms with Gasteiger partial charge < -0.3 is 14.4 Å². The summed E-state index contributed by atoms with van der Waals surface area (Å²) in [5, 5.41) is 0. The van der Waals surface area contributed by atoms with Crippen molar-refractivity contribution in [1.82, 2.24) is 4.90 Å². The molecule has 1 aromatic carbocycles. The number of carbonyl (C=O) groups is 1. The molecular formula is C17H27NO3S. The molecule has 1 rings (SSSR count). The lowest BCUT2D eigenvalue weighted by molar-refractivity contribution is -0.128. The van der Waals surface area contributed by atoms with Gasteiger partial charge >= 0.3 is 0 Å². The number of carbonyl (C=O) groups excluding carboxylic acids is 1. The maximum absolute atomic E-state index is 12.4. The second kappa shape index (κ2) is 8.32. The molecule has 0 spiro atoms. The molecule has 0 aromatic heterocycles. The molecule has 0 aliphatic heterocycles. The Morgan fingerprint density at radius 2 is 1.82 bits per heavy atom. The average molecular weight is 325 g/mol. The van der Waals surface area contributed by atoms with E-state index < -0.39 is 0 Å². The van der Waals surface area contributed by atoms with Gasteiger partial charge in [0.1, 0.15) is 0 Å². The Morgan fingerprint density at radius 1 is 1.18 bits per heavy atom. The van der Waals surface area contributed by atoms with Gasteiger partial charge in [0.2, 0.25) is 5.91 Å². The van der Waals surface area contributed by atoms with Crippen molar-refractivity contribution < 1.29 is 14.3 Å². The Hall–Kier alpha value is -1.36. The van der Waals surface area contributed by atoms with Gasteiger partial charge in [0.05, 0.1) is 20.0 Å². The highest BCUT2D eigenvalue weighted by Gasteiger charge is 2.18. The number of hydrogen-bond acceptors (Lipinski definition) is 4. The zero-order valence-corrected chi connectivity index (χ0v) is 15.3. The van der Waals surface area contributed by atoms with E-state index in [4.69, 9.17) is 9.47 Å². The van der Waals surface area contributed by atoms with Crippen LogP contribution in [0.4, 0.5) is 0 Å². The van der Waals surface area contributed by atoms with Crippen LogP contribution >= 0.6 is 11.8 Å². The van der Waals surface area contributed by atoms with Crippen molar-refractivity contribution in [1.29, 1.82) is 0 Å². The Kier molecular flexibility index (Phi) is 7.07. The summed E-state index contributed by atoms with van der Waals surface area (Å²) >= 11 is 1.67. The molecule has 1 amide bonds. The van der Waals surface area contributed by atoms with Crippen LogP contribution in [0.5, 0.6) is 11.5 Å². The molecule has 0 saturated heterocycles. The molecule has 0 N–H and O–H groups in total. The molecule has 4 nitrogen and oxygen atoms in total. The van der Waals surface area contributed by atoms with Crippen molar-refractivity contribution in [3.63, 3.8) is 0 Å². The van der Waals surface area contributed by atoms with Gasteiger partial charge in [-0.25, -0.2) is 0 Å². The lowest BCUT2D eigenvalue weighted by Crippen LogP contribution is -2.32. The maximum atomic E-state index is 12.4. The second-order valence-corrected chi connectivity index (χ2v) is 7.80. The highest BCUT2D eigenvalue weighted by atomic mass is 32.2. The summed E-state index contributed by atoms with van der Waals surface area (Å²) < 4.78 is 10.6. The van der Waals surface area contributed by atoms with Gasteiger partial charge in [-0.15, -0.1) is 11.8 Å². The molecule has 0 aliphatic rings. The fraction of sp³-hybridized carbons (Fsp3) is 0.588. The normalized spacial score (nSPS) is 11.2. The van der Waals surface area contributed by atoms with Crippen molar-refractivity contribution in [3.8, 4) is 11.5 Å². The van der Waals surface area contributed by atoms with Crippen LogP contribution in [0.2, 0.25) is 0 Å². The number of methoxy groups -OCH3 is 2. The predicted molar refractivity (Wildman–Crippen MR) is 92.8 cm³/mol. The first-order valence-electron chi connectivity index (χ1n) is 7.43. The molecule has 0 unspecified atom stereocenters. The Bertz CT molecular complexity index is 497. The number of rotatable bonds is 7. The van der Waals surface area contributed by atoms with Crippen LogP contribution in [0, 0.1) is 0 Å². The number of benzene rings is 1. The standard InChI is InChI=1S/C17H27NO3S/c1-7-18(16(19)12-22-17(2,3)4)11-13-8-9-14(20-5)15(10-13)21-6/h8-10H,7,11-12H2,1-6H3. The molecule has 5 heteroatoms. The third-order valence-electron chi connectivity index (χ3n) is 3.18. The van der Waals surface area contributed by atoms with Crippen LogP contribution in [0.25, 0.3) is 0 Å². The van der Waals surface area contributed by atoms with Crippen molar-refractivity contribution in [3.05, 3.63) is 23.8 Å². The lowest BCUT2D eigenvalue weighted by atomic mass is 10.2. The molecule has 0 saturated carbocycles. The van der Waals surface area contributed by atoms with E-state index in [-0.39, 0.29) is 10.7 Å². The van der Waals surface area contributed by atoms with Crippen LogP contribution in [-0.4, -0.2) is 42.1 Å². The fourth-order valence-corrected chi connectivity index (χ4v) is 2.68. The minimum absolute atomic E-state index is 0.0956. The molecule has 1 aromatic rings. The zero-order valence-electron chi connectivity index (χ0n) is 14.4. The Labute approximate surface area is 138 Å². The molecule has 22 heavy (non-hydrogen) atoms. The minimum atomic E-state index is 0.0956. The van der Waals surface area contributed by atoms with Crippen LogP contribution in [0.1, 0.15) is 33.3 Å². The average Bonchev–Trinajstić information content (AvgIpc) is 2.49. The van der Waals surface area contributed by atoms with Crippen molar-refractivity contribution in [2.75, 3.05) is 26.5 Å². The van der Waals surface area contributed by atoms with E-state index in [0.717, 1.165) is 5.56 Å². The monoisotopic (exact) mass is 325 g/mol. The van der Waals surface area contributed by atoms with Crippen LogP contribution in [-0.2, 0) is 11.3 Å². The zero-order chi connectivity index (χ0) is 16.8. The van der Waals surface area contributed by atoms with E-state index in [9.17, 15) is 4.79 Å². The van der Waals surface area contributed by atoms with E-state index in [1.165, 1.54) is 0 Å². The largest absolute Gasteiger partial charge is 0.493 e. The lowest BCUT2D eigenvalue weighted by Gasteiger charge is -2.24. The fourth-order valence-electron chi connectivity index (χ4n) is 1.95. The highest BCUT2D eigenvalue weighted by molar-refractivity contribution is 8.01. The van der Waals surface area contributed by atoms with E-state index in [1.807, 2.05) is 30.0 Å². The number of ether oxygens (including phenoxy) is 2. The molecule has 0 aliphatic carbocycles. The number of amides is 1. The van der Waals surface area contributed by atoms with E-state index in [1.54, 1.807) is 26.0 Å². The highest BCUT2D eigenvalue weighted by Crippen LogP contribution is 2.28. The molecule has 0 fully saturated rings. The Balaban J connectivity index is 2.75. The van der Waals surface area contributed by atoms with Crippen LogP contribution in [0.15, 0.2) is 18.2 Å². The maximum Gasteiger partial charge on any atom is 0.232 e. The first kappa shape index (κ1) is 18.7. The first-order chi connectivity index (χ1) is 10.3. The van der Waals surface area contributed by atoms with Crippen LogP contribution < -0.4 is 9.47 Å². The van der Waals surface area contributed by atoms with Gasteiger partial charge in [0.25, 0.3) is 0 Å². The van der Waals surface area contributed by atoms with E-state index in [0.29, 0.717) is 30.3 Å². The first-order valence-corrected chi connectivity index (χ1v) is 8.42. The van der Waals surface area contributed by atoms with Gasteiger partial charge in [-0.2, -0.15) is 0 Å². The molecule has 0 radical (unpaired) electrons. The molecule has 124 valence electrons. The summed E-state index contributed by atoms with van der Waals surface area (Å²) in [5.74, 6) is 2.05. The number of nitrogens with zero attached hydrogens (tertiary/aromatic N) is 1. The third kappa shape index (κ3) is 5.79. The Morgan fingerprint density at radius 3 is 2.32 bits per heavy atom. The topological polar surface area (TPSA) is 38.8 Å². The van der Waals surface area contributed by atoms with Crippen LogP contribution in [0.3, 0.4) is 0 Å². The van der Waals surface area contributed by atoms with Crippen molar-refractivity contribution in [2.24, 2.45) is 0 Å². The third-order valence-corrected chi connectivity index (χ3v) is 4.44. The summed E-state index contributed by atoms with van der Waals surface area (Å²) in [6, 6.07) is 5.76. The van der Waals surface area contributed by atoms with Crippen molar-refractivity contribution >= 4 is 17.7 Å². The second-order valence-electron chi connectivity index (χ2n) is 6.00. The van der Waals surface area contributed by atoms with Gasteiger partial charge in [-0.1, -0.05) is 26.8 Å². The molecule has 0 bridgehead atoms. The minimum Gasteiger partial charge on any atom is -0.493 e. The molecular weight excluding hydrogens is 298 g/mol. The van der Waals surface area contributed by atoms with Gasteiger partial charge in [-0.3, -0.25) is 4.79 Å². The summed E-state index contributed by atoms with van der Waals surface area (Å²) in [4.78, 5) is 14.2.